The molecule has 7 atom stereocenters. The zero-order chi connectivity index (χ0) is 86.4. The van der Waals surface area contributed by atoms with E-state index in [1.54, 1.807) is 89.7 Å². The minimum absolute atomic E-state index is 0.227. The van der Waals surface area contributed by atoms with Crippen molar-refractivity contribution in [3.63, 3.8) is 0 Å². The highest BCUT2D eigenvalue weighted by Crippen LogP contribution is 2.63. The maximum atomic E-state index is 2.59. The molecule has 12 aliphatic rings. The van der Waals surface area contributed by atoms with E-state index in [0.29, 0.717) is 16.2 Å². The van der Waals surface area contributed by atoms with Gasteiger partial charge in [0.25, 0.3) is 0 Å². The summed E-state index contributed by atoms with van der Waals surface area (Å²) in [4.78, 5) is 0. The number of benzene rings is 5. The molecule has 0 N–H and O–H groups in total. The first kappa shape index (κ1) is 84.7. The van der Waals surface area contributed by atoms with Crippen molar-refractivity contribution in [2.75, 3.05) is 0 Å². The van der Waals surface area contributed by atoms with Gasteiger partial charge in [-0.2, -0.15) is 22.8 Å². The normalized spacial score (nSPS) is 25.3. The Morgan fingerprint density at radius 1 is 0.262 bits per heavy atom. The molecule has 638 valence electrons. The van der Waals surface area contributed by atoms with Crippen LogP contribution in [0.3, 0.4) is 0 Å². The van der Waals surface area contributed by atoms with Gasteiger partial charge < -0.3 is 0 Å². The highest BCUT2D eigenvalue weighted by atomic mass is 15.0. The summed E-state index contributed by atoms with van der Waals surface area (Å²) in [5.74, 6) is 3.42. The monoisotopic (exact) mass is 1630 g/mol. The first-order chi connectivity index (χ1) is 57.7. The van der Waals surface area contributed by atoms with Gasteiger partial charge in [-0.25, -0.2) is 0 Å². The van der Waals surface area contributed by atoms with Gasteiger partial charge in [0, 0.05) is 114 Å². The Kier molecular flexibility index (Phi) is 21.0. The number of aromatic nitrogens is 5. The van der Waals surface area contributed by atoms with Crippen LogP contribution in [0.25, 0.3) is 56.3 Å². The number of rotatable bonds is 5. The molecule has 0 fully saturated rings. The Morgan fingerprint density at radius 2 is 0.557 bits per heavy atom. The first-order valence-electron chi connectivity index (χ1n) is 48.4. The maximum absolute atomic E-state index is 2.59. The van der Waals surface area contributed by atoms with E-state index in [1.165, 1.54) is 238 Å². The van der Waals surface area contributed by atoms with Crippen LogP contribution in [0.15, 0.2) is 140 Å². The number of aryl methyl sites for hydroxylation is 5. The maximum Gasteiger partial charge on any atom is 0.216 e. The average Bonchev–Trinajstić information content (AvgIpc) is 1.45. The third-order valence-corrected chi connectivity index (χ3v) is 34.8. The summed E-state index contributed by atoms with van der Waals surface area (Å²) in [6, 6.07) is 52.0. The van der Waals surface area contributed by atoms with Gasteiger partial charge in [0.2, 0.25) is 28.5 Å². The van der Waals surface area contributed by atoms with Crippen LogP contribution in [0, 0.1) is 34.6 Å². The Morgan fingerprint density at radius 3 is 0.959 bits per heavy atom. The molecule has 5 nitrogen and oxygen atoms in total. The third-order valence-electron chi connectivity index (χ3n) is 34.8. The van der Waals surface area contributed by atoms with Crippen molar-refractivity contribution < 1.29 is 22.8 Å². The van der Waals surface area contributed by atoms with E-state index in [1.807, 2.05) is 5.56 Å². The summed E-state index contributed by atoms with van der Waals surface area (Å²) >= 11 is 0. The molecule has 0 aliphatic heterocycles. The van der Waals surface area contributed by atoms with Gasteiger partial charge in [-0.05, 0) is 349 Å². The van der Waals surface area contributed by atoms with Crippen LogP contribution in [-0.4, -0.2) is 0 Å². The molecule has 0 amide bonds. The zero-order valence-corrected chi connectivity index (χ0v) is 80.3. The summed E-state index contributed by atoms with van der Waals surface area (Å²) in [5, 5.41) is 0. The van der Waals surface area contributed by atoms with Gasteiger partial charge in [-0.1, -0.05) is 153 Å². The van der Waals surface area contributed by atoms with Crippen LogP contribution in [0.1, 0.15) is 379 Å². The van der Waals surface area contributed by atoms with Crippen molar-refractivity contribution in [1.82, 2.24) is 0 Å². The van der Waals surface area contributed by atoms with Gasteiger partial charge in [0.05, 0.1) is 10.8 Å². The summed E-state index contributed by atoms with van der Waals surface area (Å²) in [7, 11) is 11.5. The van der Waals surface area contributed by atoms with Crippen molar-refractivity contribution in [3.8, 4) is 56.3 Å². The Bertz CT molecular complexity index is 5900. The second-order valence-corrected chi connectivity index (χ2v) is 46.2. The van der Waals surface area contributed by atoms with Crippen molar-refractivity contribution in [3.05, 3.63) is 263 Å². The van der Waals surface area contributed by atoms with Gasteiger partial charge in [-0.3, -0.25) is 0 Å². The molecule has 0 bridgehead atoms. The number of pyridine rings is 5. The topological polar surface area (TPSA) is 19.4 Å². The molecule has 0 saturated heterocycles. The second-order valence-electron chi connectivity index (χ2n) is 46.2. The van der Waals surface area contributed by atoms with E-state index >= 15 is 0 Å². The molecule has 5 heterocycles. The lowest BCUT2D eigenvalue weighted by Gasteiger charge is -2.49. The lowest BCUT2D eigenvalue weighted by Crippen LogP contribution is -2.52. The minimum atomic E-state index is 0.227. The summed E-state index contributed by atoms with van der Waals surface area (Å²) in [5.41, 5.74) is 52.0. The van der Waals surface area contributed by atoms with Crippen molar-refractivity contribution >= 4 is 0 Å². The number of hydrogen-bond donors (Lipinski definition) is 0. The molecule has 10 aromatic rings. The van der Waals surface area contributed by atoms with E-state index in [2.05, 4.69) is 336 Å². The highest BCUT2D eigenvalue weighted by Gasteiger charge is 2.61. The van der Waals surface area contributed by atoms with E-state index in [0.717, 1.165) is 23.7 Å². The molecule has 0 saturated carbocycles. The molecule has 12 aliphatic carbocycles. The van der Waals surface area contributed by atoms with Crippen molar-refractivity contribution in [1.29, 1.82) is 0 Å². The molecule has 5 aromatic heterocycles. The zero-order valence-electron chi connectivity index (χ0n) is 80.3. The van der Waals surface area contributed by atoms with Gasteiger partial charge >= 0.3 is 0 Å². The van der Waals surface area contributed by atoms with Crippen molar-refractivity contribution in [2.24, 2.45) is 35.2 Å². The molecular formula is C117H150N5+5. The fourth-order valence-corrected chi connectivity index (χ4v) is 29.2. The number of hydrogen-bond acceptors (Lipinski definition) is 0. The van der Waals surface area contributed by atoms with Crippen LogP contribution in [-0.2, 0) is 110 Å². The SMILES string of the molecule is Cc1ccccc1-c1c2c3c4c([n+]1C)CCC4CCC3CCC2.Cc1ccccc1-c1c2c3c4c([n+]1C)CCCC4CCC3CCC2.Cc1ccccc1-c1cc2c3c([n+]1C)C(C)(C)CC3(C)CC2(C)C.Cc1ccccc1-c1cc2c3c([n+]1C)C(C)(C)CC3(C)CCC2(C)C.Cc1ccccc1-c1cc2c3c([n+]1C)C(C)(C)CCC3(C)CCC2(C)C. The number of nitrogens with zero attached hydrogens (tertiary/aromatic N) is 5. The second kappa shape index (κ2) is 30.3. The van der Waals surface area contributed by atoms with Gasteiger partial charge in [-0.15, -0.1) is 0 Å². The quantitative estimate of drug-likeness (QED) is 0.153. The van der Waals surface area contributed by atoms with E-state index in [-0.39, 0.29) is 32.5 Å². The van der Waals surface area contributed by atoms with E-state index in [9.17, 15) is 0 Å². The molecule has 5 heteroatoms. The van der Waals surface area contributed by atoms with Gasteiger partial charge in [0.1, 0.15) is 35.2 Å². The third kappa shape index (κ3) is 13.7. The highest BCUT2D eigenvalue weighted by molar-refractivity contribution is 5.72. The average molecular weight is 1630 g/mol. The summed E-state index contributed by atoms with van der Waals surface area (Å²) in [6.45, 7) is 48.0. The fraction of sp³-hybridized carbons (Fsp3) is 0.530. The minimum Gasteiger partial charge on any atom is -0.198 e. The van der Waals surface area contributed by atoms with Crippen LogP contribution in [0.5, 0.6) is 0 Å². The van der Waals surface area contributed by atoms with E-state index < -0.39 is 0 Å². The molecule has 122 heavy (non-hydrogen) atoms. The molecular weight excluding hydrogens is 1480 g/mol. The Labute approximate surface area is 737 Å². The molecule has 22 rings (SSSR count). The Hall–Kier alpha value is -8.15. The predicted molar refractivity (Wildman–Crippen MR) is 507 cm³/mol. The molecule has 5 aromatic carbocycles. The molecule has 7 unspecified atom stereocenters. The predicted octanol–water partition coefficient (Wildman–Crippen LogP) is 26.3. The summed E-state index contributed by atoms with van der Waals surface area (Å²) < 4.78 is 12.7. The smallest absolute Gasteiger partial charge is 0.198 e. The van der Waals surface area contributed by atoms with Gasteiger partial charge in [0.15, 0.2) is 28.5 Å². The Balaban J connectivity index is 0.000000104. The van der Waals surface area contributed by atoms with Crippen LogP contribution >= 0.6 is 0 Å². The van der Waals surface area contributed by atoms with Crippen LogP contribution < -0.4 is 22.8 Å². The standard InChI is InChI=1S/C25H34N.C24H32N.C23H28N.C23H30N.C22H26N/c1-17-10-8-9-11-18(17)20-16-19-21-22(26(20)7)24(4,5)13-15-25(21,6)14-12-23(19,2)3;1-16-10-8-9-11-17(16)19-14-18-20-21(25(19)7)23(4,5)15-24(20,6)13-12-22(18,2)3;1-15-7-3-4-10-18(15)23-19-11-5-8-16-13-14-17-9-6-12-20(24(23)2)22(17)21(16)19;1-15-10-8-9-11-16(15)18-12-17-19-20(24(18)7)22(4,5)14-23(19,6)13-21(17,2)3;1-14-6-3-4-8-17(14)22-18-9-5-7-15-10-11-16-12-13-19(23(22)2)21(16)20(15)18/h8-11,16H,12-15H2,1-7H3;8-11,14H,12-13,15H2,1-7H3;3-4,7,10,16-17H,5-6,8-9,11-14H2,1-2H3;8-12H,13-14H2,1-7H3;3-4,6,8,15-16H,5,7,9-13H2,1-2H3/q5*+1. The van der Waals surface area contributed by atoms with Crippen LogP contribution in [0.4, 0.5) is 0 Å². The summed E-state index contributed by atoms with van der Waals surface area (Å²) in [6.07, 6.45) is 32.3. The van der Waals surface area contributed by atoms with Crippen LogP contribution in [0.2, 0.25) is 0 Å². The van der Waals surface area contributed by atoms with E-state index in [4.69, 9.17) is 0 Å². The lowest BCUT2D eigenvalue weighted by atomic mass is 9.54. The fourth-order valence-electron chi connectivity index (χ4n) is 29.2. The molecule has 0 spiro atoms. The lowest BCUT2D eigenvalue weighted by molar-refractivity contribution is -0.673. The van der Waals surface area contributed by atoms with Crippen molar-refractivity contribution in [2.45, 2.75) is 365 Å². The molecule has 0 radical (unpaired) electrons. The largest absolute Gasteiger partial charge is 0.216 e. The first-order valence-corrected chi connectivity index (χ1v) is 48.4.